The van der Waals surface area contributed by atoms with E-state index in [1.54, 1.807) is 0 Å². The second-order valence-electron chi connectivity index (χ2n) is 4.41. The molecule has 1 N–H and O–H groups in total. The molecular weight excluding hydrogens is 352 g/mol. The Labute approximate surface area is 135 Å². The number of aromatic hydroxyl groups is 1. The van der Waals surface area contributed by atoms with Crippen molar-refractivity contribution < 1.29 is 24.2 Å². The first-order valence-electron chi connectivity index (χ1n) is 6.34. The Kier molecular flexibility index (Phi) is 5.16. The van der Waals surface area contributed by atoms with Crippen LogP contribution >= 0.6 is 15.9 Å². The topological polar surface area (TPSA) is 72.8 Å². The van der Waals surface area contributed by atoms with Crippen molar-refractivity contribution in [3.05, 3.63) is 63.6 Å². The predicted octanol–water partition coefficient (Wildman–Crippen LogP) is 3.30. The SMILES string of the molecule is COC(=O)c1cc(Br)c(O)c(C(=O)OCc2ccccc2)c1. The molecule has 0 aliphatic rings. The molecule has 114 valence electrons. The number of methoxy groups -OCH3 is 1. The van der Waals surface area contributed by atoms with E-state index in [0.717, 1.165) is 5.56 Å². The van der Waals surface area contributed by atoms with Crippen molar-refractivity contribution in [1.29, 1.82) is 0 Å². The molecule has 2 aromatic rings. The molecule has 0 amide bonds. The van der Waals surface area contributed by atoms with Crippen molar-refractivity contribution in [3.8, 4) is 5.75 Å². The van der Waals surface area contributed by atoms with E-state index in [2.05, 4.69) is 20.7 Å². The molecule has 0 aromatic heterocycles. The molecule has 0 fully saturated rings. The zero-order chi connectivity index (χ0) is 16.1. The second-order valence-corrected chi connectivity index (χ2v) is 5.26. The molecule has 0 aliphatic heterocycles. The van der Waals surface area contributed by atoms with Gasteiger partial charge in [0.2, 0.25) is 0 Å². The average molecular weight is 365 g/mol. The van der Waals surface area contributed by atoms with Gasteiger partial charge in [-0.2, -0.15) is 0 Å². The quantitative estimate of drug-likeness (QED) is 0.842. The van der Waals surface area contributed by atoms with E-state index >= 15 is 0 Å². The average Bonchev–Trinajstić information content (AvgIpc) is 2.55. The van der Waals surface area contributed by atoms with Gasteiger partial charge in [0.05, 0.1) is 17.1 Å². The predicted molar refractivity (Wildman–Crippen MR) is 82.7 cm³/mol. The molecular formula is C16H13BrO5. The summed E-state index contributed by atoms with van der Waals surface area (Å²) in [6.45, 7) is 0.0686. The highest BCUT2D eigenvalue weighted by Gasteiger charge is 2.19. The number of rotatable bonds is 4. The lowest BCUT2D eigenvalue weighted by molar-refractivity contribution is 0.0469. The van der Waals surface area contributed by atoms with Crippen molar-refractivity contribution >= 4 is 27.9 Å². The molecule has 0 saturated carbocycles. The van der Waals surface area contributed by atoms with Crippen LogP contribution in [0.3, 0.4) is 0 Å². The fraction of sp³-hybridized carbons (Fsp3) is 0.125. The van der Waals surface area contributed by atoms with Crippen LogP contribution in [0.1, 0.15) is 26.3 Å². The molecule has 0 spiro atoms. The van der Waals surface area contributed by atoms with Crippen LogP contribution < -0.4 is 0 Å². The molecule has 0 atom stereocenters. The van der Waals surface area contributed by atoms with E-state index in [-0.39, 0.29) is 28.0 Å². The maximum atomic E-state index is 12.1. The van der Waals surface area contributed by atoms with Crippen LogP contribution in [0.2, 0.25) is 0 Å². The summed E-state index contributed by atoms with van der Waals surface area (Å²) in [5, 5.41) is 9.94. The van der Waals surface area contributed by atoms with Crippen molar-refractivity contribution in [2.75, 3.05) is 7.11 Å². The summed E-state index contributed by atoms with van der Waals surface area (Å²) in [6, 6.07) is 11.7. The molecule has 22 heavy (non-hydrogen) atoms. The van der Waals surface area contributed by atoms with Crippen LogP contribution in [0.4, 0.5) is 0 Å². The Morgan fingerprint density at radius 3 is 2.45 bits per heavy atom. The molecule has 0 saturated heterocycles. The number of hydrogen-bond donors (Lipinski definition) is 1. The Bertz CT molecular complexity index is 697. The van der Waals surface area contributed by atoms with Crippen LogP contribution in [0.15, 0.2) is 46.9 Å². The number of esters is 2. The van der Waals surface area contributed by atoms with Gasteiger partial charge in [-0.25, -0.2) is 9.59 Å². The van der Waals surface area contributed by atoms with Crippen molar-refractivity contribution in [1.82, 2.24) is 0 Å². The summed E-state index contributed by atoms with van der Waals surface area (Å²) in [5.41, 5.74) is 0.850. The number of phenols is 1. The van der Waals surface area contributed by atoms with E-state index in [1.165, 1.54) is 19.2 Å². The number of carbonyl (C=O) groups is 2. The van der Waals surface area contributed by atoms with Gasteiger partial charge in [0, 0.05) is 0 Å². The van der Waals surface area contributed by atoms with E-state index in [1.807, 2.05) is 30.3 Å². The Morgan fingerprint density at radius 2 is 1.82 bits per heavy atom. The van der Waals surface area contributed by atoms with Crippen LogP contribution in [0, 0.1) is 0 Å². The maximum Gasteiger partial charge on any atom is 0.342 e. The second kappa shape index (κ2) is 7.09. The Balaban J connectivity index is 2.21. The molecule has 0 unspecified atom stereocenters. The number of phenolic OH excluding ortho intramolecular Hbond substituents is 1. The van der Waals surface area contributed by atoms with Crippen LogP contribution in [0.5, 0.6) is 5.75 Å². The molecule has 5 nitrogen and oxygen atoms in total. The monoisotopic (exact) mass is 364 g/mol. The number of halogens is 1. The van der Waals surface area contributed by atoms with Gasteiger partial charge < -0.3 is 14.6 Å². The Morgan fingerprint density at radius 1 is 1.14 bits per heavy atom. The fourth-order valence-electron chi connectivity index (χ4n) is 1.79. The number of benzene rings is 2. The number of hydrogen-bond acceptors (Lipinski definition) is 5. The summed E-state index contributed by atoms with van der Waals surface area (Å²) in [7, 11) is 1.23. The van der Waals surface area contributed by atoms with Crippen LogP contribution in [0.25, 0.3) is 0 Å². The number of carbonyl (C=O) groups excluding carboxylic acids is 2. The van der Waals surface area contributed by atoms with E-state index < -0.39 is 11.9 Å². The van der Waals surface area contributed by atoms with Gasteiger partial charge in [-0.15, -0.1) is 0 Å². The van der Waals surface area contributed by atoms with Crippen molar-refractivity contribution in [2.45, 2.75) is 6.61 Å². The summed E-state index contributed by atoms with van der Waals surface area (Å²) in [5.74, 6) is -1.63. The van der Waals surface area contributed by atoms with Gasteiger partial charge >= 0.3 is 11.9 Å². The smallest absolute Gasteiger partial charge is 0.342 e. The molecule has 6 heteroatoms. The van der Waals surface area contributed by atoms with Crippen molar-refractivity contribution in [3.63, 3.8) is 0 Å². The van der Waals surface area contributed by atoms with Crippen LogP contribution in [-0.2, 0) is 16.1 Å². The summed E-state index contributed by atoms with van der Waals surface area (Å²) in [6.07, 6.45) is 0. The third kappa shape index (κ3) is 3.65. The standard InChI is InChI=1S/C16H13BrO5/c1-21-15(19)11-7-12(14(18)13(17)8-11)16(20)22-9-10-5-3-2-4-6-10/h2-8,18H,9H2,1H3. The molecule has 2 aromatic carbocycles. The van der Waals surface area contributed by atoms with Crippen molar-refractivity contribution in [2.24, 2.45) is 0 Å². The lowest BCUT2D eigenvalue weighted by Crippen LogP contribution is -2.09. The minimum absolute atomic E-state index is 0.0686. The van der Waals surface area contributed by atoms with Gasteiger partial charge in [-0.05, 0) is 33.6 Å². The first-order valence-corrected chi connectivity index (χ1v) is 7.14. The zero-order valence-electron chi connectivity index (χ0n) is 11.7. The minimum Gasteiger partial charge on any atom is -0.506 e. The zero-order valence-corrected chi connectivity index (χ0v) is 13.3. The summed E-state index contributed by atoms with van der Waals surface area (Å²) < 4.78 is 9.96. The highest BCUT2D eigenvalue weighted by molar-refractivity contribution is 9.10. The molecule has 2 rings (SSSR count). The lowest BCUT2D eigenvalue weighted by atomic mass is 10.1. The summed E-state index contributed by atoms with van der Waals surface area (Å²) in [4.78, 5) is 23.7. The molecule has 0 bridgehead atoms. The maximum absolute atomic E-state index is 12.1. The molecule has 0 aliphatic carbocycles. The highest BCUT2D eigenvalue weighted by Crippen LogP contribution is 2.30. The fourth-order valence-corrected chi connectivity index (χ4v) is 2.25. The van der Waals surface area contributed by atoms with Crippen LogP contribution in [-0.4, -0.2) is 24.2 Å². The minimum atomic E-state index is -0.729. The third-order valence-corrected chi connectivity index (χ3v) is 3.52. The third-order valence-electron chi connectivity index (χ3n) is 2.92. The normalized spacial score (nSPS) is 10.1. The lowest BCUT2D eigenvalue weighted by Gasteiger charge is -2.09. The van der Waals surface area contributed by atoms with Gasteiger partial charge in [-0.1, -0.05) is 30.3 Å². The van der Waals surface area contributed by atoms with Gasteiger partial charge in [0.15, 0.2) is 0 Å². The number of ether oxygens (including phenoxy) is 2. The largest absolute Gasteiger partial charge is 0.506 e. The van der Waals surface area contributed by atoms with Gasteiger partial charge in [-0.3, -0.25) is 0 Å². The summed E-state index contributed by atoms with van der Waals surface area (Å²) >= 11 is 3.09. The van der Waals surface area contributed by atoms with Gasteiger partial charge in [0.25, 0.3) is 0 Å². The van der Waals surface area contributed by atoms with E-state index in [9.17, 15) is 14.7 Å². The van der Waals surface area contributed by atoms with Gasteiger partial charge in [0.1, 0.15) is 17.9 Å². The Hall–Kier alpha value is -2.34. The molecule has 0 heterocycles. The van der Waals surface area contributed by atoms with E-state index in [4.69, 9.17) is 4.74 Å². The van der Waals surface area contributed by atoms with E-state index in [0.29, 0.717) is 0 Å². The highest BCUT2D eigenvalue weighted by atomic mass is 79.9. The molecule has 0 radical (unpaired) electrons. The first-order chi connectivity index (χ1) is 10.5. The first kappa shape index (κ1) is 16.0.